The smallest absolute Gasteiger partial charge is 0.157 e. The van der Waals surface area contributed by atoms with Crippen molar-refractivity contribution in [1.82, 2.24) is 4.57 Å². The van der Waals surface area contributed by atoms with Crippen LogP contribution < -0.4 is 0 Å². The van der Waals surface area contributed by atoms with Crippen molar-refractivity contribution in [3.8, 4) is 16.9 Å². The Bertz CT molecular complexity index is 889. The zero-order valence-electron chi connectivity index (χ0n) is 12.9. The quantitative estimate of drug-likeness (QED) is 0.665. The number of benzene rings is 2. The van der Waals surface area contributed by atoms with Crippen LogP contribution in [0.4, 0.5) is 4.39 Å². The molecular formula is C18H15ClFNO2S. The average molecular weight is 364 g/mol. The van der Waals surface area contributed by atoms with Gasteiger partial charge in [-0.05, 0) is 53.9 Å². The van der Waals surface area contributed by atoms with Gasteiger partial charge in [-0.25, -0.2) is 8.60 Å². The van der Waals surface area contributed by atoms with Crippen molar-refractivity contribution in [3.05, 3.63) is 76.7 Å². The first-order valence-corrected chi connectivity index (χ1v) is 8.91. The molecule has 0 radical (unpaired) electrons. The minimum absolute atomic E-state index is 0.0963. The summed E-state index contributed by atoms with van der Waals surface area (Å²) in [6.07, 6.45) is 0. The molecule has 1 unspecified atom stereocenters. The maximum Gasteiger partial charge on any atom is 0.157 e. The summed E-state index contributed by atoms with van der Waals surface area (Å²) in [5, 5.41) is 0.567. The molecule has 24 heavy (non-hydrogen) atoms. The summed E-state index contributed by atoms with van der Waals surface area (Å²) >= 11 is 4.57. The molecule has 3 rings (SSSR count). The minimum Gasteiger partial charge on any atom is -0.306 e. The Labute approximate surface area is 147 Å². The van der Waals surface area contributed by atoms with Crippen LogP contribution in [0, 0.1) is 12.7 Å². The maximum absolute atomic E-state index is 13.2. The molecular weight excluding hydrogens is 349 g/mol. The molecule has 3 nitrogen and oxygen atoms in total. The lowest BCUT2D eigenvalue weighted by Gasteiger charge is -2.11. The predicted octanol–water partition coefficient (Wildman–Crippen LogP) is 4.97. The van der Waals surface area contributed by atoms with Crippen LogP contribution in [0.1, 0.15) is 11.1 Å². The number of halogens is 2. The molecule has 0 bridgehead atoms. The number of aromatic nitrogens is 1. The van der Waals surface area contributed by atoms with E-state index in [0.29, 0.717) is 5.15 Å². The van der Waals surface area contributed by atoms with Crippen LogP contribution in [0.2, 0.25) is 5.15 Å². The molecule has 124 valence electrons. The highest BCUT2D eigenvalue weighted by Crippen LogP contribution is 2.32. The summed E-state index contributed by atoms with van der Waals surface area (Å²) in [6.45, 7) is 1.91. The van der Waals surface area contributed by atoms with Gasteiger partial charge in [-0.3, -0.25) is 4.57 Å². The van der Waals surface area contributed by atoms with Crippen LogP contribution in [-0.2, 0) is 16.8 Å². The van der Waals surface area contributed by atoms with E-state index >= 15 is 0 Å². The lowest BCUT2D eigenvalue weighted by molar-refractivity contribution is 0.563. The molecule has 0 amide bonds. The number of hydrogen-bond donors (Lipinski definition) is 1. The van der Waals surface area contributed by atoms with Gasteiger partial charge in [-0.2, -0.15) is 0 Å². The molecule has 0 aliphatic rings. The monoisotopic (exact) mass is 363 g/mol. The van der Waals surface area contributed by atoms with Crippen molar-refractivity contribution in [2.24, 2.45) is 0 Å². The lowest BCUT2D eigenvalue weighted by Crippen LogP contribution is -1.98. The molecule has 0 aliphatic heterocycles. The summed E-state index contributed by atoms with van der Waals surface area (Å²) in [5.41, 5.74) is 4.26. The molecule has 1 N–H and O–H groups in total. The Balaban J connectivity index is 2.06. The second-order valence-electron chi connectivity index (χ2n) is 5.48. The van der Waals surface area contributed by atoms with Gasteiger partial charge in [0.1, 0.15) is 11.0 Å². The van der Waals surface area contributed by atoms with Gasteiger partial charge in [-0.1, -0.05) is 35.9 Å². The number of rotatable bonds is 4. The van der Waals surface area contributed by atoms with Gasteiger partial charge in [0.2, 0.25) is 0 Å². The van der Waals surface area contributed by atoms with E-state index in [2.05, 4.69) is 0 Å². The lowest BCUT2D eigenvalue weighted by atomic mass is 10.1. The third-order valence-corrected chi connectivity index (χ3v) is 4.79. The van der Waals surface area contributed by atoms with Gasteiger partial charge in [0.05, 0.1) is 11.4 Å². The second-order valence-corrected chi connectivity index (χ2v) is 6.77. The van der Waals surface area contributed by atoms with Crippen LogP contribution in [0.25, 0.3) is 16.9 Å². The van der Waals surface area contributed by atoms with Crippen LogP contribution in [0.15, 0.2) is 54.6 Å². The second kappa shape index (κ2) is 6.89. The SMILES string of the molecule is Cc1cc(-c2ccc(CS(=O)O)cc2)n(-c2ccc(F)cc2)c1Cl. The molecule has 2 aromatic carbocycles. The molecule has 0 spiro atoms. The van der Waals surface area contributed by atoms with Crippen molar-refractivity contribution in [2.75, 3.05) is 0 Å². The summed E-state index contributed by atoms with van der Waals surface area (Å²) in [5.74, 6) is -0.208. The molecule has 6 heteroatoms. The van der Waals surface area contributed by atoms with Crippen molar-refractivity contribution in [3.63, 3.8) is 0 Å². The largest absolute Gasteiger partial charge is 0.306 e. The minimum atomic E-state index is -1.87. The molecule has 0 saturated heterocycles. The molecule has 3 aromatic rings. The van der Waals surface area contributed by atoms with E-state index in [1.807, 2.05) is 41.8 Å². The highest BCUT2D eigenvalue weighted by Gasteiger charge is 2.14. The summed E-state index contributed by atoms with van der Waals surface area (Å²) in [7, 11) is 0. The van der Waals surface area contributed by atoms with Gasteiger partial charge in [0.25, 0.3) is 0 Å². The molecule has 1 atom stereocenters. The maximum atomic E-state index is 13.2. The fourth-order valence-electron chi connectivity index (χ4n) is 2.58. The first-order valence-electron chi connectivity index (χ1n) is 7.26. The number of hydrogen-bond acceptors (Lipinski definition) is 1. The standard InChI is InChI=1S/C18H15ClFNO2S/c1-12-10-17(14-4-2-13(3-5-14)11-24(22)23)21(18(12)19)16-8-6-15(20)7-9-16/h2-10H,11H2,1H3,(H,22,23). The van der Waals surface area contributed by atoms with E-state index in [4.69, 9.17) is 16.2 Å². The first-order chi connectivity index (χ1) is 11.5. The molecule has 0 saturated carbocycles. The van der Waals surface area contributed by atoms with Crippen LogP contribution in [0.5, 0.6) is 0 Å². The van der Waals surface area contributed by atoms with Gasteiger partial charge in [-0.15, -0.1) is 0 Å². The van der Waals surface area contributed by atoms with E-state index in [1.165, 1.54) is 12.1 Å². The van der Waals surface area contributed by atoms with Crippen molar-refractivity contribution in [1.29, 1.82) is 0 Å². The van der Waals surface area contributed by atoms with Crippen LogP contribution in [-0.4, -0.2) is 13.3 Å². The zero-order valence-corrected chi connectivity index (χ0v) is 14.4. The molecule has 0 fully saturated rings. The molecule has 0 aliphatic carbocycles. The summed E-state index contributed by atoms with van der Waals surface area (Å²) < 4.78 is 34.9. The highest BCUT2D eigenvalue weighted by atomic mass is 35.5. The third-order valence-electron chi connectivity index (χ3n) is 3.74. The van der Waals surface area contributed by atoms with E-state index in [9.17, 15) is 8.60 Å². The molecule has 1 aromatic heterocycles. The van der Waals surface area contributed by atoms with Crippen molar-refractivity contribution >= 4 is 22.7 Å². The van der Waals surface area contributed by atoms with Gasteiger partial charge < -0.3 is 4.55 Å². The Morgan fingerprint density at radius 2 is 1.75 bits per heavy atom. The van der Waals surface area contributed by atoms with Gasteiger partial charge >= 0.3 is 0 Å². The van der Waals surface area contributed by atoms with Gasteiger partial charge in [0.15, 0.2) is 11.1 Å². The summed E-state index contributed by atoms with van der Waals surface area (Å²) in [6, 6.07) is 15.5. The Morgan fingerprint density at radius 1 is 1.12 bits per heavy atom. The van der Waals surface area contributed by atoms with Crippen LogP contribution >= 0.6 is 11.6 Å². The normalized spacial score (nSPS) is 12.3. The van der Waals surface area contributed by atoms with E-state index in [-0.39, 0.29) is 11.6 Å². The zero-order chi connectivity index (χ0) is 17.3. The number of nitrogens with zero attached hydrogens (tertiary/aromatic N) is 1. The molecule has 1 heterocycles. The Hall–Kier alpha value is -1.95. The highest BCUT2D eigenvalue weighted by molar-refractivity contribution is 7.78. The summed E-state index contributed by atoms with van der Waals surface area (Å²) in [4.78, 5) is 0. The van der Waals surface area contributed by atoms with Crippen molar-refractivity contribution in [2.45, 2.75) is 12.7 Å². The Morgan fingerprint density at radius 3 is 2.33 bits per heavy atom. The van der Waals surface area contributed by atoms with Crippen molar-refractivity contribution < 1.29 is 13.2 Å². The number of aryl methyl sites for hydroxylation is 1. The fraction of sp³-hybridized carbons (Fsp3) is 0.111. The van der Waals surface area contributed by atoms with Gasteiger partial charge in [0, 0.05) is 5.69 Å². The van der Waals surface area contributed by atoms with E-state index < -0.39 is 11.1 Å². The van der Waals surface area contributed by atoms with E-state index in [1.54, 1.807) is 12.1 Å². The third kappa shape index (κ3) is 3.43. The topological polar surface area (TPSA) is 42.2 Å². The average Bonchev–Trinajstić information content (AvgIpc) is 2.84. The van der Waals surface area contributed by atoms with Crippen LogP contribution in [0.3, 0.4) is 0 Å². The van der Waals surface area contributed by atoms with E-state index in [0.717, 1.165) is 28.1 Å². The Kier molecular flexibility index (Phi) is 4.85. The fourth-order valence-corrected chi connectivity index (χ4v) is 3.30. The predicted molar refractivity (Wildman–Crippen MR) is 95.4 cm³/mol. The first kappa shape index (κ1) is 16.9.